The summed E-state index contributed by atoms with van der Waals surface area (Å²) in [4.78, 5) is 123. The Morgan fingerprint density at radius 1 is 0.470 bits per heavy atom. The van der Waals surface area contributed by atoms with Gasteiger partial charge in [0, 0.05) is 126 Å². The number of rotatable bonds is 28. The molecule has 5 aliphatic rings. The number of carbonyl (C=O) groups is 6. The fourth-order valence-corrected chi connectivity index (χ4v) is 14.8. The largest absolute Gasteiger partial charge is 0.483 e. The fraction of sp³-hybridized carbons (Fsp3) is 0.267. The van der Waals surface area contributed by atoms with Crippen LogP contribution in [0.3, 0.4) is 0 Å². The van der Waals surface area contributed by atoms with Gasteiger partial charge < -0.3 is 62.3 Å². The topological polar surface area (TPSA) is 332 Å². The third kappa shape index (κ3) is 21.4. The SMILES string of the molecule is COCCN1CCn2c(CO)c(-c3cnn(Cc4ccc(F)cc4F)c3)c(=O)c(OCc3ccccc3)c2C1=O.COCCN1CN2C(=O)OCc3c(-c4cnn(Cc5ccc(F)cc5F)c4)c(=O)c(OCc4ccccc4)c(n32)C1=O.COCCN1CN2C(=O)OCc3c(-c4cnn(Cc5ccc(F)cc5F)c4)c(=O)c(OCc4ccccc4)c(n32)C1=O.O=CC(F)(F)F.[2H]CI. The van der Waals surface area contributed by atoms with Gasteiger partial charge in [-0.25, -0.2) is 45.3 Å². The van der Waals surface area contributed by atoms with E-state index in [-0.39, 0.29) is 177 Å². The van der Waals surface area contributed by atoms with Crippen LogP contribution in [0.2, 0.25) is 0 Å². The quantitative estimate of drug-likeness (QED) is 0.0206. The maximum atomic E-state index is 14.3. The third-order valence-corrected chi connectivity index (χ3v) is 21.0. The summed E-state index contributed by atoms with van der Waals surface area (Å²) in [5.41, 5.74) is 3.21. The summed E-state index contributed by atoms with van der Waals surface area (Å²) in [6.07, 6.45) is 1.75. The Morgan fingerprint density at radius 3 is 1.13 bits per heavy atom. The Morgan fingerprint density at radius 2 is 0.795 bits per heavy atom. The molecule has 42 heteroatoms. The molecule has 0 saturated heterocycles. The first-order chi connectivity index (χ1) is 64.1. The Hall–Kier alpha value is -14.2. The second kappa shape index (κ2) is 43.0. The van der Waals surface area contributed by atoms with Crippen LogP contribution in [0.4, 0.5) is 49.1 Å². The molecule has 0 aliphatic carbocycles. The highest BCUT2D eigenvalue weighted by molar-refractivity contribution is 14.1. The molecule has 0 radical (unpaired) electrons. The molecule has 6 aromatic carbocycles. The molecule has 11 heterocycles. The van der Waals surface area contributed by atoms with Gasteiger partial charge in [-0.2, -0.15) is 38.5 Å². The molecule has 17 rings (SSSR count). The number of nitrogens with zero attached hydrogens (tertiary/aromatic N) is 14. The summed E-state index contributed by atoms with van der Waals surface area (Å²) in [6.45, 7) is 0.696. The normalized spacial score (nSPS) is 13.6. The standard InChI is InChI=1S/2C29H25F2N5O6.C29H28F2N4O5.C2HF3O.CH3I/c2*1-40-10-9-33-17-35-29(39)42-16-23-24(20-12-32-34(14-20)13-19-7-8-21(30)11-22(19)31)26(37)27(25(28(33)38)36(23)35)41-15-18-5-3-2-4-6-18;1-39-12-11-33-9-10-35-24(17-36)25(21-14-32-34(16-21)15-20-7-8-22(30)13-23(20)31)27(37)28(26(35)29(33)38)40-18-19-5-3-2-4-6-19;3-2(4,5)1-6;1-2/h2*2-8,11-12,14H,9-10,13,15-17H2,1H3;2-8,13-14,16,36H,9-12,15,17-18H2,1H3;1H;1H3/i;;;;1D. The minimum Gasteiger partial charge on any atom is -0.483 e. The first-order valence-electron chi connectivity index (χ1n) is 40.9. The number of methoxy groups -OCH3 is 3. The van der Waals surface area contributed by atoms with E-state index in [9.17, 15) is 83.0 Å². The van der Waals surface area contributed by atoms with Gasteiger partial charge in [0.15, 0.2) is 34.3 Å². The van der Waals surface area contributed by atoms with Crippen molar-refractivity contribution in [2.45, 2.75) is 72.0 Å². The number of hydrogen-bond donors (Lipinski definition) is 1. The lowest BCUT2D eigenvalue weighted by Gasteiger charge is -2.41. The molecule has 0 saturated carbocycles. The third-order valence-electron chi connectivity index (χ3n) is 21.0. The number of aldehydes is 1. The fourth-order valence-electron chi connectivity index (χ4n) is 14.8. The van der Waals surface area contributed by atoms with Gasteiger partial charge in [0.2, 0.25) is 22.6 Å². The molecule has 0 atom stereocenters. The van der Waals surface area contributed by atoms with E-state index in [2.05, 4.69) is 15.3 Å². The molecular formula is C90H82F9IN14O18. The van der Waals surface area contributed by atoms with Crippen molar-refractivity contribution in [2.24, 2.45) is 0 Å². The Bertz CT molecular complexity index is 6210. The van der Waals surface area contributed by atoms with E-state index >= 15 is 0 Å². The van der Waals surface area contributed by atoms with Crippen molar-refractivity contribution in [3.05, 3.63) is 316 Å². The lowest BCUT2D eigenvalue weighted by Crippen LogP contribution is -2.60. The molecule has 1 N–H and O–H groups in total. The molecule has 5 aliphatic heterocycles. The van der Waals surface area contributed by atoms with Gasteiger partial charge in [0.05, 0.1) is 98.4 Å². The highest BCUT2D eigenvalue weighted by atomic mass is 127. The summed E-state index contributed by atoms with van der Waals surface area (Å²) < 4.78 is 173. The van der Waals surface area contributed by atoms with Crippen LogP contribution >= 0.6 is 22.6 Å². The summed E-state index contributed by atoms with van der Waals surface area (Å²) in [5.74, 6) is -6.26. The maximum absolute atomic E-state index is 14.3. The predicted octanol–water partition coefficient (Wildman–Crippen LogP) is 11.5. The molecule has 132 heavy (non-hydrogen) atoms. The molecule has 0 fully saturated rings. The van der Waals surface area contributed by atoms with Crippen LogP contribution in [-0.4, -0.2) is 191 Å². The van der Waals surface area contributed by atoms with Gasteiger partial charge >= 0.3 is 18.4 Å². The second-order valence-corrected chi connectivity index (χ2v) is 29.5. The number of amides is 5. The number of carbonyl (C=O) groups excluding carboxylic acids is 6. The van der Waals surface area contributed by atoms with Crippen molar-refractivity contribution < 1.29 is 113 Å². The van der Waals surface area contributed by atoms with E-state index in [4.69, 9.17) is 44.1 Å². The van der Waals surface area contributed by atoms with Crippen molar-refractivity contribution in [1.82, 2.24) is 58.0 Å². The van der Waals surface area contributed by atoms with Crippen molar-refractivity contribution >= 4 is 58.8 Å². The number of alkyl halides is 4. The average molecular weight is 1950 g/mol. The van der Waals surface area contributed by atoms with Crippen molar-refractivity contribution in [3.63, 3.8) is 0 Å². The van der Waals surface area contributed by atoms with Gasteiger partial charge in [0.25, 0.3) is 17.7 Å². The molecule has 0 spiro atoms. The zero-order valence-corrected chi connectivity index (χ0v) is 72.6. The number of aliphatic hydroxyl groups excluding tert-OH is 1. The maximum Gasteiger partial charge on any atom is 0.446 e. The average Bonchev–Trinajstić information content (AvgIpc) is 1.49. The van der Waals surface area contributed by atoms with Crippen LogP contribution in [0.5, 0.6) is 17.2 Å². The molecule has 0 bridgehead atoms. The van der Waals surface area contributed by atoms with Crippen LogP contribution in [0, 0.1) is 34.9 Å². The van der Waals surface area contributed by atoms with Gasteiger partial charge in [-0.1, -0.05) is 132 Å². The molecule has 0 unspecified atom stereocenters. The number of ether oxygens (including phenoxy) is 8. The number of aromatic nitrogens is 9. The summed E-state index contributed by atoms with van der Waals surface area (Å²) in [6, 6.07) is 37.3. The first kappa shape index (κ1) is 93.9. The minimum atomic E-state index is -4.64. The highest BCUT2D eigenvalue weighted by Gasteiger charge is 2.45. The lowest BCUT2D eigenvalue weighted by atomic mass is 10.0. The second-order valence-electron chi connectivity index (χ2n) is 29.5. The van der Waals surface area contributed by atoms with Crippen LogP contribution in [-0.2, 0) is 94.3 Å². The summed E-state index contributed by atoms with van der Waals surface area (Å²) in [7, 11) is 4.53. The van der Waals surface area contributed by atoms with Crippen molar-refractivity contribution in [2.75, 3.05) is 95.6 Å². The van der Waals surface area contributed by atoms with Gasteiger partial charge in [-0.05, 0) is 39.8 Å². The number of hydrogen-bond acceptors (Lipinski definition) is 21. The molecular weight excluding hydrogens is 1860 g/mol. The minimum absolute atomic E-state index is 0.00282. The van der Waals surface area contributed by atoms with E-state index in [0.29, 0.717) is 47.8 Å². The number of aliphatic hydroxyl groups is 1. The van der Waals surface area contributed by atoms with Crippen LogP contribution in [0.15, 0.2) is 197 Å². The number of cyclic esters (lactones) is 2. The highest BCUT2D eigenvalue weighted by Crippen LogP contribution is 2.38. The Balaban J connectivity index is 0.000000162. The number of fused-ring (bicyclic) bond motifs is 1. The molecule has 12 aromatic rings. The van der Waals surface area contributed by atoms with Crippen LogP contribution in [0.25, 0.3) is 33.4 Å². The smallest absolute Gasteiger partial charge is 0.446 e. The predicted molar refractivity (Wildman–Crippen MR) is 463 cm³/mol. The molecule has 6 aromatic heterocycles. The summed E-state index contributed by atoms with van der Waals surface area (Å²) >= 11 is 1.96. The van der Waals surface area contributed by atoms with Crippen molar-refractivity contribution in [1.29, 1.82) is 0 Å². The van der Waals surface area contributed by atoms with E-state index in [1.54, 1.807) is 22.8 Å². The van der Waals surface area contributed by atoms with E-state index in [0.717, 1.165) is 53.1 Å². The molecule has 5 amide bonds. The number of benzene rings is 6. The molecule has 32 nitrogen and oxygen atoms in total. The molecule has 690 valence electrons. The number of halogens is 10. The van der Waals surface area contributed by atoms with Gasteiger partial charge in [-0.3, -0.25) is 47.6 Å². The van der Waals surface area contributed by atoms with Gasteiger partial charge in [0.1, 0.15) is 81.3 Å². The lowest BCUT2D eigenvalue weighted by molar-refractivity contribution is -0.156. The first-order valence-corrected chi connectivity index (χ1v) is 41.7. The Kier molecular flexibility index (Phi) is 30.6. The zero-order valence-electron chi connectivity index (χ0n) is 71.5. The van der Waals surface area contributed by atoms with E-state index in [1.807, 2.05) is 114 Å². The zero-order chi connectivity index (χ0) is 94.9. The van der Waals surface area contributed by atoms with Crippen molar-refractivity contribution in [3.8, 4) is 50.6 Å². The Labute approximate surface area is 759 Å². The monoisotopic (exact) mass is 1950 g/mol. The van der Waals surface area contributed by atoms with Crippen LogP contribution < -0.4 is 40.5 Å². The number of pyridine rings is 3. The van der Waals surface area contributed by atoms with Gasteiger partial charge in [-0.15, -0.1) is 0 Å². The van der Waals surface area contributed by atoms with Crippen LogP contribution in [0.1, 0.15) is 83.3 Å². The van der Waals surface area contributed by atoms with E-state index in [1.165, 1.54) is 107 Å². The van der Waals surface area contributed by atoms with E-state index < -0.39 is 100 Å². The summed E-state index contributed by atoms with van der Waals surface area (Å²) in [5, 5.41) is 25.7.